The number of nitrogens with two attached hydrogens (primary N) is 1. The summed E-state index contributed by atoms with van der Waals surface area (Å²) in [5, 5.41) is 5.29. The van der Waals surface area contributed by atoms with E-state index in [1.54, 1.807) is 7.11 Å². The zero-order valence-corrected chi connectivity index (χ0v) is 18.3. The summed E-state index contributed by atoms with van der Waals surface area (Å²) in [6, 6.07) is 13.7. The summed E-state index contributed by atoms with van der Waals surface area (Å²) in [7, 11) is 3.70. The molecule has 1 aliphatic rings. The van der Waals surface area contributed by atoms with Gasteiger partial charge in [-0.2, -0.15) is 0 Å². The molecule has 0 radical (unpaired) electrons. The molecule has 1 unspecified atom stereocenters. The van der Waals surface area contributed by atoms with Crippen molar-refractivity contribution in [1.82, 2.24) is 15.1 Å². The van der Waals surface area contributed by atoms with Crippen molar-refractivity contribution >= 4 is 23.4 Å². The van der Waals surface area contributed by atoms with Gasteiger partial charge in [-0.25, -0.2) is 0 Å². The third-order valence-corrected chi connectivity index (χ3v) is 5.57. The van der Waals surface area contributed by atoms with Gasteiger partial charge >= 0.3 is 11.8 Å². The van der Waals surface area contributed by atoms with Crippen LogP contribution in [0.5, 0.6) is 5.75 Å². The minimum absolute atomic E-state index is 0.0683. The summed E-state index contributed by atoms with van der Waals surface area (Å²) in [6.45, 7) is 3.89. The van der Waals surface area contributed by atoms with Crippen LogP contribution in [0, 0.1) is 0 Å². The SMILES string of the molecule is COc1ccc(C(CNC(=O)C(=O)Nc2ccc(C(N)=O)cc2)N2CCN(C)CC2)cc1. The van der Waals surface area contributed by atoms with Crippen LogP contribution in [0.2, 0.25) is 0 Å². The van der Waals surface area contributed by atoms with E-state index in [0.29, 0.717) is 17.8 Å². The normalized spacial score (nSPS) is 15.6. The topological polar surface area (TPSA) is 117 Å². The van der Waals surface area contributed by atoms with Gasteiger partial charge in [0.2, 0.25) is 5.91 Å². The smallest absolute Gasteiger partial charge is 0.313 e. The standard InChI is InChI=1S/C23H29N5O4/c1-27-11-13-28(14-12-27)20(16-5-9-19(32-2)10-6-16)15-25-22(30)23(31)26-18-7-3-17(4-8-18)21(24)29/h3-10,20H,11-15H2,1-2H3,(H2,24,29)(H,25,30)(H,26,31). The first-order valence-electron chi connectivity index (χ1n) is 10.4. The number of benzene rings is 2. The van der Waals surface area contributed by atoms with Gasteiger partial charge in [0.25, 0.3) is 0 Å². The number of anilines is 1. The number of methoxy groups -OCH3 is 1. The molecule has 3 rings (SSSR count). The van der Waals surface area contributed by atoms with Gasteiger partial charge in [0.1, 0.15) is 5.75 Å². The van der Waals surface area contributed by atoms with Gasteiger partial charge in [-0.1, -0.05) is 12.1 Å². The monoisotopic (exact) mass is 439 g/mol. The molecule has 4 N–H and O–H groups in total. The zero-order chi connectivity index (χ0) is 23.1. The van der Waals surface area contributed by atoms with E-state index in [-0.39, 0.29) is 6.04 Å². The average Bonchev–Trinajstić information content (AvgIpc) is 2.80. The second-order valence-electron chi connectivity index (χ2n) is 7.73. The molecule has 1 fully saturated rings. The van der Waals surface area contributed by atoms with Gasteiger partial charge in [-0.15, -0.1) is 0 Å². The van der Waals surface area contributed by atoms with E-state index in [1.807, 2.05) is 24.3 Å². The minimum Gasteiger partial charge on any atom is -0.497 e. The Morgan fingerprint density at radius 1 is 0.969 bits per heavy atom. The number of hydrogen-bond acceptors (Lipinski definition) is 6. The molecule has 0 spiro atoms. The molecule has 1 atom stereocenters. The number of carbonyl (C=O) groups is 3. The van der Waals surface area contributed by atoms with E-state index in [4.69, 9.17) is 10.5 Å². The first-order valence-corrected chi connectivity index (χ1v) is 10.4. The third kappa shape index (κ3) is 6.05. The highest BCUT2D eigenvalue weighted by atomic mass is 16.5. The Bertz CT molecular complexity index is 938. The van der Waals surface area contributed by atoms with E-state index in [1.165, 1.54) is 24.3 Å². The van der Waals surface area contributed by atoms with Gasteiger partial charge in [0.15, 0.2) is 0 Å². The van der Waals surface area contributed by atoms with Crippen molar-refractivity contribution in [2.45, 2.75) is 6.04 Å². The molecule has 1 aliphatic heterocycles. The minimum atomic E-state index is -0.774. The van der Waals surface area contributed by atoms with E-state index in [2.05, 4.69) is 27.5 Å². The molecule has 32 heavy (non-hydrogen) atoms. The highest BCUT2D eigenvalue weighted by Gasteiger charge is 2.25. The second-order valence-corrected chi connectivity index (χ2v) is 7.73. The number of nitrogens with zero attached hydrogens (tertiary/aromatic N) is 2. The Morgan fingerprint density at radius 2 is 1.59 bits per heavy atom. The number of amides is 3. The van der Waals surface area contributed by atoms with E-state index < -0.39 is 17.7 Å². The van der Waals surface area contributed by atoms with E-state index in [9.17, 15) is 14.4 Å². The average molecular weight is 440 g/mol. The predicted octanol–water partition coefficient (Wildman–Crippen LogP) is 0.838. The number of ether oxygens (including phenoxy) is 1. The molecule has 3 amide bonds. The van der Waals surface area contributed by atoms with Crippen LogP contribution < -0.4 is 21.1 Å². The number of primary amides is 1. The predicted molar refractivity (Wildman–Crippen MR) is 121 cm³/mol. The van der Waals surface area contributed by atoms with Crippen LogP contribution in [0.25, 0.3) is 0 Å². The van der Waals surface area contributed by atoms with Crippen LogP contribution >= 0.6 is 0 Å². The highest BCUT2D eigenvalue weighted by Crippen LogP contribution is 2.24. The van der Waals surface area contributed by atoms with Crippen molar-refractivity contribution in [1.29, 1.82) is 0 Å². The molecule has 1 heterocycles. The maximum Gasteiger partial charge on any atom is 0.313 e. The number of piperazine rings is 1. The molecule has 0 bridgehead atoms. The van der Waals surface area contributed by atoms with Crippen molar-refractivity contribution in [2.24, 2.45) is 5.73 Å². The van der Waals surface area contributed by atoms with Crippen LogP contribution in [-0.2, 0) is 9.59 Å². The van der Waals surface area contributed by atoms with Gasteiger partial charge in [0, 0.05) is 44.0 Å². The number of rotatable bonds is 7. The molecule has 9 nitrogen and oxygen atoms in total. The Balaban J connectivity index is 1.64. The summed E-state index contributed by atoms with van der Waals surface area (Å²) in [6.07, 6.45) is 0. The van der Waals surface area contributed by atoms with Crippen LogP contribution in [0.15, 0.2) is 48.5 Å². The highest BCUT2D eigenvalue weighted by molar-refractivity contribution is 6.39. The van der Waals surface area contributed by atoms with Crippen LogP contribution in [-0.4, -0.2) is 74.4 Å². The summed E-state index contributed by atoms with van der Waals surface area (Å²) < 4.78 is 5.25. The van der Waals surface area contributed by atoms with E-state index >= 15 is 0 Å². The lowest BCUT2D eigenvalue weighted by molar-refractivity contribution is -0.136. The fourth-order valence-corrected chi connectivity index (χ4v) is 3.59. The quantitative estimate of drug-likeness (QED) is 0.551. The number of hydrogen-bond donors (Lipinski definition) is 3. The number of nitrogens with one attached hydrogen (secondary N) is 2. The first-order chi connectivity index (χ1) is 15.4. The van der Waals surface area contributed by atoms with Crippen molar-refractivity contribution in [3.05, 3.63) is 59.7 Å². The van der Waals surface area contributed by atoms with Crippen molar-refractivity contribution in [2.75, 3.05) is 52.2 Å². The molecule has 170 valence electrons. The van der Waals surface area contributed by atoms with Crippen LogP contribution in [0.1, 0.15) is 22.0 Å². The Morgan fingerprint density at radius 3 is 2.16 bits per heavy atom. The first kappa shape index (κ1) is 23.2. The summed E-state index contributed by atoms with van der Waals surface area (Å²) in [5.41, 5.74) is 6.98. The Labute approximate surface area is 187 Å². The molecule has 1 saturated heterocycles. The largest absolute Gasteiger partial charge is 0.497 e. The van der Waals surface area contributed by atoms with Crippen LogP contribution in [0.4, 0.5) is 5.69 Å². The number of carbonyl (C=O) groups excluding carboxylic acids is 3. The maximum atomic E-state index is 12.4. The fraction of sp³-hybridized carbons (Fsp3) is 0.348. The molecule has 2 aromatic carbocycles. The fourth-order valence-electron chi connectivity index (χ4n) is 3.59. The second kappa shape index (κ2) is 10.7. The van der Waals surface area contributed by atoms with Gasteiger partial charge in [-0.3, -0.25) is 19.3 Å². The third-order valence-electron chi connectivity index (χ3n) is 5.57. The summed E-state index contributed by atoms with van der Waals surface area (Å²) in [4.78, 5) is 40.5. The lowest BCUT2D eigenvalue weighted by atomic mass is 10.0. The summed E-state index contributed by atoms with van der Waals surface area (Å²) >= 11 is 0. The molecular weight excluding hydrogens is 410 g/mol. The maximum absolute atomic E-state index is 12.4. The lowest BCUT2D eigenvalue weighted by Crippen LogP contribution is -2.49. The van der Waals surface area contributed by atoms with Crippen molar-refractivity contribution in [3.63, 3.8) is 0 Å². The van der Waals surface area contributed by atoms with Gasteiger partial charge in [0.05, 0.1) is 13.2 Å². The zero-order valence-electron chi connectivity index (χ0n) is 18.3. The molecule has 0 aromatic heterocycles. The molecular formula is C23H29N5O4. The van der Waals surface area contributed by atoms with Crippen LogP contribution in [0.3, 0.4) is 0 Å². The van der Waals surface area contributed by atoms with Gasteiger partial charge in [-0.05, 0) is 49.0 Å². The van der Waals surface area contributed by atoms with E-state index in [0.717, 1.165) is 37.5 Å². The van der Waals surface area contributed by atoms with Crippen molar-refractivity contribution in [3.8, 4) is 5.75 Å². The Hall–Kier alpha value is -3.43. The van der Waals surface area contributed by atoms with Gasteiger partial charge < -0.3 is 26.0 Å². The number of likely N-dealkylation sites (N-methyl/N-ethyl adjacent to an activating group) is 1. The molecule has 0 aliphatic carbocycles. The van der Waals surface area contributed by atoms with Crippen molar-refractivity contribution < 1.29 is 19.1 Å². The molecule has 2 aromatic rings. The molecule has 0 saturated carbocycles. The summed E-state index contributed by atoms with van der Waals surface area (Å²) in [5.74, 6) is -1.30. The lowest BCUT2D eigenvalue weighted by Gasteiger charge is -2.38. The molecule has 9 heteroatoms. The Kier molecular flexibility index (Phi) is 7.80.